The molecule has 0 aliphatic carbocycles. The third-order valence-corrected chi connectivity index (χ3v) is 3.98. The van der Waals surface area contributed by atoms with Crippen LogP contribution in [0.2, 0.25) is 0 Å². The summed E-state index contributed by atoms with van der Waals surface area (Å²) < 4.78 is 5.59. The van der Waals surface area contributed by atoms with Gasteiger partial charge in [-0.15, -0.1) is 0 Å². The van der Waals surface area contributed by atoms with Gasteiger partial charge in [-0.25, -0.2) is 0 Å². The molecule has 0 aromatic carbocycles. The van der Waals surface area contributed by atoms with Gasteiger partial charge in [0.2, 0.25) is 0 Å². The largest absolute Gasteiger partial charge is 0.377 e. The molecule has 2 atom stereocenters. The lowest BCUT2D eigenvalue weighted by molar-refractivity contribution is -0.0282. The van der Waals surface area contributed by atoms with E-state index in [9.17, 15) is 0 Å². The first-order valence-corrected chi connectivity index (χ1v) is 7.40. The number of nitrogens with one attached hydrogen (secondary N) is 1. The van der Waals surface area contributed by atoms with Crippen molar-refractivity contribution in [3.8, 4) is 0 Å². The van der Waals surface area contributed by atoms with Crippen molar-refractivity contribution < 1.29 is 4.74 Å². The molecule has 0 spiro atoms. The molecule has 1 heterocycles. The van der Waals surface area contributed by atoms with E-state index >= 15 is 0 Å². The Bertz CT molecular complexity index is 241. The van der Waals surface area contributed by atoms with E-state index in [1.54, 1.807) is 0 Å². The lowest BCUT2D eigenvalue weighted by atomic mass is 9.97. The second kappa shape index (κ2) is 6.88. The molecule has 0 saturated carbocycles. The second-order valence-corrected chi connectivity index (χ2v) is 6.69. The topological polar surface area (TPSA) is 24.5 Å². The van der Waals surface area contributed by atoms with Crippen molar-refractivity contribution in [1.82, 2.24) is 10.2 Å². The highest BCUT2D eigenvalue weighted by molar-refractivity contribution is 4.89. The minimum absolute atomic E-state index is 0.0485. The molecule has 0 aromatic heterocycles. The van der Waals surface area contributed by atoms with Crippen LogP contribution in [0.15, 0.2) is 0 Å². The first kappa shape index (κ1) is 15.9. The Morgan fingerprint density at radius 3 is 2.56 bits per heavy atom. The van der Waals surface area contributed by atoms with Crippen molar-refractivity contribution in [1.29, 1.82) is 0 Å². The predicted molar refractivity (Wildman–Crippen MR) is 78.0 cm³/mol. The van der Waals surface area contributed by atoms with Gasteiger partial charge in [0.05, 0.1) is 5.60 Å². The standard InChI is InChI=1S/C15H32N2O/c1-7-14-9-16-13(8-12(2)3)10-17(14)11-15(4,5)18-6/h12-14,16H,7-11H2,1-6H3. The molecule has 108 valence electrons. The van der Waals surface area contributed by atoms with Gasteiger partial charge in [0.25, 0.3) is 0 Å². The Morgan fingerprint density at radius 2 is 2.06 bits per heavy atom. The monoisotopic (exact) mass is 256 g/mol. The van der Waals surface area contributed by atoms with Crippen LogP contribution in [0.3, 0.4) is 0 Å². The Kier molecular flexibility index (Phi) is 6.09. The normalized spacial score (nSPS) is 26.8. The number of ether oxygens (including phenoxy) is 1. The fraction of sp³-hybridized carbons (Fsp3) is 1.00. The maximum Gasteiger partial charge on any atom is 0.0749 e. The Labute approximate surface area is 113 Å². The van der Waals surface area contributed by atoms with Crippen LogP contribution in [0.4, 0.5) is 0 Å². The van der Waals surface area contributed by atoms with E-state index < -0.39 is 0 Å². The van der Waals surface area contributed by atoms with Crippen molar-refractivity contribution in [3.63, 3.8) is 0 Å². The van der Waals surface area contributed by atoms with Crippen molar-refractivity contribution >= 4 is 0 Å². The number of hydrogen-bond donors (Lipinski definition) is 1. The van der Waals surface area contributed by atoms with E-state index in [-0.39, 0.29) is 5.60 Å². The lowest BCUT2D eigenvalue weighted by Crippen LogP contribution is -2.59. The molecule has 0 bridgehead atoms. The van der Waals surface area contributed by atoms with Crippen LogP contribution in [0.5, 0.6) is 0 Å². The molecular formula is C15H32N2O. The van der Waals surface area contributed by atoms with Crippen molar-refractivity contribution in [2.45, 2.75) is 65.1 Å². The van der Waals surface area contributed by atoms with Crippen LogP contribution in [0.1, 0.15) is 47.5 Å². The zero-order valence-corrected chi connectivity index (χ0v) is 13.1. The summed E-state index contributed by atoms with van der Waals surface area (Å²) in [6.45, 7) is 14.5. The summed E-state index contributed by atoms with van der Waals surface area (Å²) in [5.74, 6) is 0.762. The number of methoxy groups -OCH3 is 1. The summed E-state index contributed by atoms with van der Waals surface area (Å²) >= 11 is 0. The van der Waals surface area contributed by atoms with E-state index in [0.717, 1.165) is 25.6 Å². The third kappa shape index (κ3) is 4.87. The molecule has 3 nitrogen and oxygen atoms in total. The minimum Gasteiger partial charge on any atom is -0.377 e. The van der Waals surface area contributed by atoms with Crippen molar-refractivity contribution in [3.05, 3.63) is 0 Å². The summed E-state index contributed by atoms with van der Waals surface area (Å²) in [5.41, 5.74) is -0.0485. The van der Waals surface area contributed by atoms with Crippen LogP contribution >= 0.6 is 0 Å². The van der Waals surface area contributed by atoms with Crippen molar-refractivity contribution in [2.24, 2.45) is 5.92 Å². The smallest absolute Gasteiger partial charge is 0.0749 e. The molecule has 3 heteroatoms. The molecular weight excluding hydrogens is 224 g/mol. The average molecular weight is 256 g/mol. The zero-order chi connectivity index (χ0) is 13.8. The predicted octanol–water partition coefficient (Wildman–Crippen LogP) is 2.51. The van der Waals surface area contributed by atoms with Crippen LogP contribution in [-0.4, -0.2) is 49.3 Å². The minimum atomic E-state index is -0.0485. The third-order valence-electron chi connectivity index (χ3n) is 3.98. The average Bonchev–Trinajstić information content (AvgIpc) is 2.28. The van der Waals surface area contributed by atoms with Gasteiger partial charge < -0.3 is 10.1 Å². The van der Waals surface area contributed by atoms with Gasteiger partial charge in [-0.3, -0.25) is 4.90 Å². The van der Waals surface area contributed by atoms with Gasteiger partial charge in [-0.2, -0.15) is 0 Å². The number of piperazine rings is 1. The zero-order valence-electron chi connectivity index (χ0n) is 13.1. The van der Waals surface area contributed by atoms with E-state index in [1.807, 2.05) is 7.11 Å². The highest BCUT2D eigenvalue weighted by Gasteiger charge is 2.31. The summed E-state index contributed by atoms with van der Waals surface area (Å²) in [6.07, 6.45) is 2.47. The molecule has 1 saturated heterocycles. The number of rotatable bonds is 6. The molecule has 1 aliphatic rings. The Morgan fingerprint density at radius 1 is 1.39 bits per heavy atom. The fourth-order valence-corrected chi connectivity index (χ4v) is 2.81. The summed E-state index contributed by atoms with van der Waals surface area (Å²) in [7, 11) is 1.81. The quantitative estimate of drug-likeness (QED) is 0.790. The van der Waals surface area contributed by atoms with Crippen molar-refractivity contribution in [2.75, 3.05) is 26.7 Å². The SMILES string of the molecule is CCC1CNC(CC(C)C)CN1CC(C)(C)OC. The highest BCUT2D eigenvalue weighted by atomic mass is 16.5. The first-order valence-electron chi connectivity index (χ1n) is 7.40. The first-order chi connectivity index (χ1) is 8.38. The van der Waals surface area contributed by atoms with Crippen LogP contribution in [0, 0.1) is 5.92 Å². The lowest BCUT2D eigenvalue weighted by Gasteiger charge is -2.43. The molecule has 0 radical (unpaired) electrons. The Hall–Kier alpha value is -0.120. The second-order valence-electron chi connectivity index (χ2n) is 6.69. The van der Waals surface area contributed by atoms with Gasteiger partial charge in [-0.05, 0) is 32.6 Å². The van der Waals surface area contributed by atoms with Gasteiger partial charge in [0.1, 0.15) is 0 Å². The van der Waals surface area contributed by atoms with Gasteiger partial charge in [0.15, 0.2) is 0 Å². The Balaban J connectivity index is 2.59. The number of nitrogens with zero attached hydrogens (tertiary/aromatic N) is 1. The summed E-state index contributed by atoms with van der Waals surface area (Å²) in [4.78, 5) is 2.62. The van der Waals surface area contributed by atoms with Crippen LogP contribution < -0.4 is 5.32 Å². The molecule has 2 unspecified atom stereocenters. The van der Waals surface area contributed by atoms with E-state index in [2.05, 4.69) is 44.8 Å². The molecule has 1 rings (SSSR count). The summed E-state index contributed by atoms with van der Waals surface area (Å²) in [6, 6.07) is 1.29. The fourth-order valence-electron chi connectivity index (χ4n) is 2.81. The molecule has 0 amide bonds. The van der Waals surface area contributed by atoms with Crippen LogP contribution in [0.25, 0.3) is 0 Å². The van der Waals surface area contributed by atoms with Gasteiger partial charge in [0, 0.05) is 38.8 Å². The summed E-state index contributed by atoms with van der Waals surface area (Å²) in [5, 5.41) is 3.70. The van der Waals surface area contributed by atoms with E-state index in [0.29, 0.717) is 12.1 Å². The van der Waals surface area contributed by atoms with Crippen LogP contribution in [-0.2, 0) is 4.74 Å². The molecule has 1 N–H and O–H groups in total. The number of hydrogen-bond acceptors (Lipinski definition) is 3. The van der Waals surface area contributed by atoms with E-state index in [1.165, 1.54) is 12.8 Å². The van der Waals surface area contributed by atoms with Gasteiger partial charge >= 0.3 is 0 Å². The molecule has 1 aliphatic heterocycles. The maximum absolute atomic E-state index is 5.59. The highest BCUT2D eigenvalue weighted by Crippen LogP contribution is 2.19. The van der Waals surface area contributed by atoms with E-state index in [4.69, 9.17) is 4.74 Å². The maximum atomic E-state index is 5.59. The molecule has 0 aromatic rings. The molecule has 1 fully saturated rings. The molecule has 18 heavy (non-hydrogen) atoms. The van der Waals surface area contributed by atoms with Gasteiger partial charge in [-0.1, -0.05) is 20.8 Å².